The lowest BCUT2D eigenvalue weighted by Crippen LogP contribution is -2.11. The summed E-state index contributed by atoms with van der Waals surface area (Å²) < 4.78 is 8.73. The molecule has 0 atom stereocenters. The Morgan fingerprint density at radius 1 is 0.317 bits per heavy atom. The fraction of sp³-hybridized carbons (Fsp3) is 0. The third-order valence-electron chi connectivity index (χ3n) is 12.4. The van der Waals surface area contributed by atoms with Gasteiger partial charge in [0, 0.05) is 44.2 Å². The molecule has 2 aromatic heterocycles. The number of aromatic nitrogens is 1. The van der Waals surface area contributed by atoms with Crippen LogP contribution in [-0.2, 0) is 0 Å². The zero-order chi connectivity index (χ0) is 41.7. The van der Waals surface area contributed by atoms with Crippen LogP contribution in [0.15, 0.2) is 247 Å². The molecule has 3 heteroatoms. The topological polar surface area (TPSA) is 21.3 Å². The Kier molecular flexibility index (Phi) is 8.83. The molecule has 0 saturated heterocycles. The van der Waals surface area contributed by atoms with Gasteiger partial charge in [0.1, 0.15) is 11.2 Å². The molecule has 2 heterocycles. The second-order valence-electron chi connectivity index (χ2n) is 16.1. The molecule has 0 aliphatic heterocycles. The first-order valence-electron chi connectivity index (χ1n) is 21.5. The summed E-state index contributed by atoms with van der Waals surface area (Å²) in [6.07, 6.45) is 0. The van der Waals surface area contributed by atoms with Gasteiger partial charge < -0.3 is 13.9 Å². The third kappa shape index (κ3) is 6.29. The number of para-hydroxylation sites is 4. The van der Waals surface area contributed by atoms with E-state index in [4.69, 9.17) is 4.42 Å². The van der Waals surface area contributed by atoms with Crippen LogP contribution in [-0.4, -0.2) is 4.57 Å². The highest BCUT2D eigenvalue weighted by Gasteiger charge is 2.21. The Balaban J connectivity index is 1.01. The van der Waals surface area contributed by atoms with Crippen LogP contribution in [0.2, 0.25) is 0 Å². The van der Waals surface area contributed by atoms with Crippen LogP contribution in [0.25, 0.3) is 93.9 Å². The maximum atomic E-state index is 6.35. The third-order valence-corrected chi connectivity index (χ3v) is 12.4. The molecule has 10 aromatic carbocycles. The van der Waals surface area contributed by atoms with Crippen LogP contribution >= 0.6 is 0 Å². The highest BCUT2D eigenvalue weighted by atomic mass is 16.3. The van der Waals surface area contributed by atoms with E-state index in [-0.39, 0.29) is 0 Å². The van der Waals surface area contributed by atoms with E-state index in [1.807, 2.05) is 12.1 Å². The molecule has 12 aromatic rings. The summed E-state index contributed by atoms with van der Waals surface area (Å²) in [4.78, 5) is 2.41. The molecule has 0 bridgehead atoms. The van der Waals surface area contributed by atoms with Crippen LogP contribution in [0.5, 0.6) is 0 Å². The van der Waals surface area contributed by atoms with E-state index >= 15 is 0 Å². The van der Waals surface area contributed by atoms with Crippen LogP contribution < -0.4 is 4.90 Å². The standard InChI is InChI=1S/C60H40N2O/c1-2-17-42(18-3-1)48-23-4-5-24-50(48)51-25-6-10-30-55(51)61(46-21-15-20-44(40-46)49-29-16-34-59-60(49)54-28-9-13-33-58(54)63-59)45-37-35-41(36-38-45)43-19-14-22-47(39-43)62-56-31-11-7-26-52(56)53-27-8-12-32-57(53)62/h1-40H. The zero-order valence-corrected chi connectivity index (χ0v) is 34.4. The van der Waals surface area contributed by atoms with Crippen molar-refractivity contribution in [3.05, 3.63) is 243 Å². The lowest BCUT2D eigenvalue weighted by Gasteiger charge is -2.29. The maximum Gasteiger partial charge on any atom is 0.136 e. The predicted octanol–water partition coefficient (Wildman–Crippen LogP) is 16.8. The predicted molar refractivity (Wildman–Crippen MR) is 264 cm³/mol. The molecule has 0 aliphatic rings. The number of hydrogen-bond acceptors (Lipinski definition) is 2. The Bertz CT molecular complexity index is 3580. The van der Waals surface area contributed by atoms with Crippen molar-refractivity contribution in [3.63, 3.8) is 0 Å². The number of nitrogens with zero attached hydrogens (tertiary/aromatic N) is 2. The SMILES string of the molecule is c1ccc(-c2ccccc2-c2ccccc2N(c2ccc(-c3cccc(-n4c5ccccc5c5ccccc54)c3)cc2)c2cccc(-c3cccc4oc5ccccc5c34)c2)cc1. The number of hydrogen-bond donors (Lipinski definition) is 0. The van der Waals surface area contributed by atoms with E-state index < -0.39 is 0 Å². The quantitative estimate of drug-likeness (QED) is 0.153. The Hall–Kier alpha value is -8.40. The average molecular weight is 805 g/mol. The summed E-state index contributed by atoms with van der Waals surface area (Å²) in [6.45, 7) is 0. The largest absolute Gasteiger partial charge is 0.456 e. The van der Waals surface area contributed by atoms with Gasteiger partial charge in [0.05, 0.1) is 16.7 Å². The monoisotopic (exact) mass is 804 g/mol. The van der Waals surface area contributed by atoms with Crippen molar-refractivity contribution in [2.24, 2.45) is 0 Å². The maximum absolute atomic E-state index is 6.35. The van der Waals surface area contributed by atoms with E-state index in [1.54, 1.807) is 0 Å². The molecule has 0 radical (unpaired) electrons. The first-order chi connectivity index (χ1) is 31.3. The van der Waals surface area contributed by atoms with Gasteiger partial charge in [0.2, 0.25) is 0 Å². The molecular formula is C60H40N2O. The van der Waals surface area contributed by atoms with Crippen molar-refractivity contribution in [3.8, 4) is 50.2 Å². The first kappa shape index (κ1) is 36.5. The lowest BCUT2D eigenvalue weighted by atomic mass is 9.93. The van der Waals surface area contributed by atoms with E-state index in [2.05, 4.69) is 240 Å². The van der Waals surface area contributed by atoms with E-state index in [9.17, 15) is 0 Å². The zero-order valence-electron chi connectivity index (χ0n) is 34.4. The van der Waals surface area contributed by atoms with Crippen LogP contribution in [0.3, 0.4) is 0 Å². The molecule has 0 N–H and O–H groups in total. The summed E-state index contributed by atoms with van der Waals surface area (Å²) >= 11 is 0. The van der Waals surface area contributed by atoms with Crippen molar-refractivity contribution >= 4 is 60.8 Å². The molecule has 3 nitrogen and oxygen atoms in total. The summed E-state index contributed by atoms with van der Waals surface area (Å²) in [7, 11) is 0. The van der Waals surface area contributed by atoms with E-state index in [0.29, 0.717) is 0 Å². The Morgan fingerprint density at radius 2 is 0.889 bits per heavy atom. The molecule has 63 heavy (non-hydrogen) atoms. The molecule has 0 unspecified atom stereocenters. The van der Waals surface area contributed by atoms with E-state index in [1.165, 1.54) is 38.5 Å². The number of fused-ring (bicyclic) bond motifs is 6. The highest BCUT2D eigenvalue weighted by Crippen LogP contribution is 2.46. The van der Waals surface area contributed by atoms with Crippen LogP contribution in [0.1, 0.15) is 0 Å². The second-order valence-corrected chi connectivity index (χ2v) is 16.1. The Morgan fingerprint density at radius 3 is 1.68 bits per heavy atom. The highest BCUT2D eigenvalue weighted by molar-refractivity contribution is 6.13. The molecule has 0 saturated carbocycles. The van der Waals surface area contributed by atoms with Crippen LogP contribution in [0.4, 0.5) is 17.1 Å². The molecule has 0 spiro atoms. The number of benzene rings is 10. The van der Waals surface area contributed by atoms with Gasteiger partial charge in [-0.1, -0.05) is 176 Å². The fourth-order valence-electron chi connectivity index (χ4n) is 9.57. The van der Waals surface area contributed by atoms with Crippen molar-refractivity contribution < 1.29 is 4.42 Å². The normalized spacial score (nSPS) is 11.5. The van der Waals surface area contributed by atoms with Crippen molar-refractivity contribution in [2.45, 2.75) is 0 Å². The van der Waals surface area contributed by atoms with Gasteiger partial charge in [-0.05, 0) is 106 Å². The molecule has 0 aliphatic carbocycles. The summed E-state index contributed by atoms with van der Waals surface area (Å²) in [5.41, 5.74) is 17.8. The smallest absolute Gasteiger partial charge is 0.136 e. The van der Waals surface area contributed by atoms with Gasteiger partial charge in [-0.15, -0.1) is 0 Å². The van der Waals surface area contributed by atoms with Crippen LogP contribution in [0, 0.1) is 0 Å². The van der Waals surface area contributed by atoms with Crippen molar-refractivity contribution in [2.75, 3.05) is 4.90 Å². The molecular weight excluding hydrogens is 765 g/mol. The first-order valence-corrected chi connectivity index (χ1v) is 21.5. The lowest BCUT2D eigenvalue weighted by molar-refractivity contribution is 0.669. The number of furan rings is 1. The van der Waals surface area contributed by atoms with Gasteiger partial charge in [-0.2, -0.15) is 0 Å². The van der Waals surface area contributed by atoms with Crippen molar-refractivity contribution in [1.29, 1.82) is 0 Å². The average Bonchev–Trinajstić information content (AvgIpc) is 3.91. The minimum absolute atomic E-state index is 0.886. The van der Waals surface area contributed by atoms with Gasteiger partial charge in [0.15, 0.2) is 0 Å². The van der Waals surface area contributed by atoms with E-state index in [0.717, 1.165) is 72.5 Å². The summed E-state index contributed by atoms with van der Waals surface area (Å²) in [6, 6.07) is 87.1. The summed E-state index contributed by atoms with van der Waals surface area (Å²) in [5.74, 6) is 0. The Labute approximate surface area is 366 Å². The van der Waals surface area contributed by atoms with Gasteiger partial charge in [0.25, 0.3) is 0 Å². The number of rotatable bonds is 8. The molecule has 0 fully saturated rings. The molecule has 296 valence electrons. The van der Waals surface area contributed by atoms with Gasteiger partial charge in [-0.25, -0.2) is 0 Å². The minimum Gasteiger partial charge on any atom is -0.456 e. The summed E-state index contributed by atoms with van der Waals surface area (Å²) in [5, 5.41) is 4.76. The molecule has 12 rings (SSSR count). The van der Waals surface area contributed by atoms with Crippen molar-refractivity contribution in [1.82, 2.24) is 4.57 Å². The van der Waals surface area contributed by atoms with Gasteiger partial charge >= 0.3 is 0 Å². The number of anilines is 3. The minimum atomic E-state index is 0.886. The van der Waals surface area contributed by atoms with Gasteiger partial charge in [-0.3, -0.25) is 0 Å². The molecule has 0 amide bonds. The fourth-order valence-corrected chi connectivity index (χ4v) is 9.57. The second kappa shape index (κ2) is 15.3.